The fourth-order valence-electron chi connectivity index (χ4n) is 3.21. The van der Waals surface area contributed by atoms with E-state index in [9.17, 15) is 22.3 Å². The number of aromatic hydroxyl groups is 1. The van der Waals surface area contributed by atoms with Crippen molar-refractivity contribution in [2.24, 2.45) is 0 Å². The van der Waals surface area contributed by atoms with Crippen molar-refractivity contribution in [1.29, 1.82) is 0 Å². The van der Waals surface area contributed by atoms with Gasteiger partial charge in [0.2, 0.25) is 0 Å². The van der Waals surface area contributed by atoms with Gasteiger partial charge in [0, 0.05) is 18.3 Å². The van der Waals surface area contributed by atoms with Crippen LogP contribution in [0.2, 0.25) is 5.02 Å². The number of furan rings is 1. The van der Waals surface area contributed by atoms with Gasteiger partial charge >= 0.3 is 0 Å². The highest BCUT2D eigenvalue weighted by atomic mass is 35.5. The van der Waals surface area contributed by atoms with Gasteiger partial charge in [0.25, 0.3) is 10.0 Å². The summed E-state index contributed by atoms with van der Waals surface area (Å²) < 4.78 is 65.9. The molecular formula is C22H16ClF2NO5S. The molecule has 0 saturated heterocycles. The van der Waals surface area contributed by atoms with Crippen LogP contribution < -0.4 is 4.74 Å². The summed E-state index contributed by atoms with van der Waals surface area (Å²) in [4.78, 5) is 0.0280. The summed E-state index contributed by atoms with van der Waals surface area (Å²) in [6.07, 6.45) is 1.26. The Kier molecular flexibility index (Phi) is 5.47. The minimum absolute atomic E-state index is 0.0110. The first-order chi connectivity index (χ1) is 15.1. The third-order valence-electron chi connectivity index (χ3n) is 4.80. The van der Waals surface area contributed by atoms with Crippen LogP contribution in [-0.2, 0) is 10.0 Å². The molecule has 0 aliphatic heterocycles. The molecule has 10 heteroatoms. The Balaban J connectivity index is 1.90. The van der Waals surface area contributed by atoms with Crippen molar-refractivity contribution >= 4 is 21.6 Å². The molecule has 0 unspecified atom stereocenters. The molecule has 0 aliphatic carbocycles. The standard InChI is InChI=1S/C22H16ClF2NO5S/c1-12-3-5-14(6-4-12)32(28,29)26-8-7-16(23)20(26)18-11-19(30-2)22(31-18)15-9-13(24)10-17(25)21(15)27/h3-11,27H,1-2H3. The third kappa shape index (κ3) is 3.63. The Hall–Kier alpha value is -3.30. The number of ether oxygens (including phenoxy) is 1. The fourth-order valence-corrected chi connectivity index (χ4v) is 4.86. The van der Waals surface area contributed by atoms with Gasteiger partial charge in [-0.05, 0) is 31.2 Å². The largest absolute Gasteiger partial charge is 0.504 e. The second-order valence-electron chi connectivity index (χ2n) is 6.92. The predicted octanol–water partition coefficient (Wildman–Crippen LogP) is 5.61. The van der Waals surface area contributed by atoms with Crippen LogP contribution in [0.25, 0.3) is 22.8 Å². The first-order valence-electron chi connectivity index (χ1n) is 9.19. The van der Waals surface area contributed by atoms with Crippen LogP contribution in [0.15, 0.2) is 64.0 Å². The van der Waals surface area contributed by atoms with Crippen LogP contribution in [0.1, 0.15) is 5.56 Å². The maximum absolute atomic E-state index is 13.9. The molecule has 2 aromatic carbocycles. The molecule has 2 aromatic heterocycles. The molecule has 2 heterocycles. The lowest BCUT2D eigenvalue weighted by Crippen LogP contribution is -2.13. The molecule has 1 N–H and O–H groups in total. The van der Waals surface area contributed by atoms with Crippen molar-refractivity contribution in [3.05, 3.63) is 76.9 Å². The van der Waals surface area contributed by atoms with Gasteiger partial charge in [-0.2, -0.15) is 0 Å². The number of aromatic nitrogens is 1. The normalized spacial score (nSPS) is 11.7. The Morgan fingerprint density at radius 1 is 1.09 bits per heavy atom. The van der Waals surface area contributed by atoms with Crippen LogP contribution in [0, 0.1) is 18.6 Å². The molecule has 0 fully saturated rings. The lowest BCUT2D eigenvalue weighted by molar-refractivity contribution is 0.405. The Bertz CT molecular complexity index is 1430. The molecule has 0 spiro atoms. The van der Waals surface area contributed by atoms with E-state index in [1.54, 1.807) is 12.1 Å². The molecule has 0 amide bonds. The first-order valence-corrected chi connectivity index (χ1v) is 11.0. The van der Waals surface area contributed by atoms with Crippen molar-refractivity contribution < 1.29 is 31.5 Å². The van der Waals surface area contributed by atoms with Crippen LogP contribution in [0.3, 0.4) is 0 Å². The zero-order valence-corrected chi connectivity index (χ0v) is 18.3. The molecule has 0 radical (unpaired) electrons. The number of rotatable bonds is 5. The molecule has 166 valence electrons. The molecular weight excluding hydrogens is 464 g/mol. The second-order valence-corrected chi connectivity index (χ2v) is 9.14. The quantitative estimate of drug-likeness (QED) is 0.402. The number of phenols is 1. The Labute approximate surface area is 187 Å². The number of aryl methyl sites for hydroxylation is 1. The van der Waals surface area contributed by atoms with Crippen molar-refractivity contribution in [2.75, 3.05) is 7.11 Å². The summed E-state index contributed by atoms with van der Waals surface area (Å²) in [5.41, 5.74) is 0.562. The number of halogens is 3. The minimum Gasteiger partial charge on any atom is -0.504 e. The predicted molar refractivity (Wildman–Crippen MR) is 114 cm³/mol. The van der Waals surface area contributed by atoms with Gasteiger partial charge in [0.1, 0.15) is 11.5 Å². The highest BCUT2D eigenvalue weighted by Gasteiger charge is 2.27. The van der Waals surface area contributed by atoms with E-state index in [0.717, 1.165) is 15.6 Å². The highest BCUT2D eigenvalue weighted by molar-refractivity contribution is 7.90. The first kappa shape index (κ1) is 21.9. The topological polar surface area (TPSA) is 81.7 Å². The van der Waals surface area contributed by atoms with Gasteiger partial charge in [-0.3, -0.25) is 0 Å². The van der Waals surface area contributed by atoms with Crippen LogP contribution in [0.5, 0.6) is 11.5 Å². The number of hydrogen-bond acceptors (Lipinski definition) is 5. The third-order valence-corrected chi connectivity index (χ3v) is 6.80. The summed E-state index contributed by atoms with van der Waals surface area (Å²) in [5.74, 6) is -3.22. The van der Waals surface area contributed by atoms with E-state index < -0.39 is 27.4 Å². The zero-order chi connectivity index (χ0) is 23.2. The van der Waals surface area contributed by atoms with Gasteiger partial charge < -0.3 is 14.3 Å². The summed E-state index contributed by atoms with van der Waals surface area (Å²) in [5, 5.41) is 10.1. The molecule has 4 aromatic rings. The molecule has 4 rings (SSSR count). The molecule has 0 aliphatic rings. The lowest BCUT2D eigenvalue weighted by Gasteiger charge is -2.10. The van der Waals surface area contributed by atoms with Crippen molar-refractivity contribution in [3.63, 3.8) is 0 Å². The minimum atomic E-state index is -4.05. The summed E-state index contributed by atoms with van der Waals surface area (Å²) >= 11 is 6.28. The average molecular weight is 480 g/mol. The van der Waals surface area contributed by atoms with Crippen molar-refractivity contribution in [3.8, 4) is 34.3 Å². The zero-order valence-electron chi connectivity index (χ0n) is 16.8. The number of nitrogens with zero attached hydrogens (tertiary/aromatic N) is 1. The smallest absolute Gasteiger partial charge is 0.268 e. The SMILES string of the molecule is COc1cc(-c2c(Cl)ccn2S(=O)(=O)c2ccc(C)cc2)oc1-c1cc(F)cc(F)c1O. The second kappa shape index (κ2) is 7.99. The van der Waals surface area contributed by atoms with Crippen molar-refractivity contribution in [2.45, 2.75) is 11.8 Å². The summed E-state index contributed by atoms with van der Waals surface area (Å²) in [7, 11) is -2.76. The van der Waals surface area contributed by atoms with Gasteiger partial charge in [0.15, 0.2) is 28.8 Å². The Morgan fingerprint density at radius 2 is 1.78 bits per heavy atom. The maximum Gasteiger partial charge on any atom is 0.268 e. The molecule has 0 bridgehead atoms. The van der Waals surface area contributed by atoms with Gasteiger partial charge in [-0.1, -0.05) is 29.3 Å². The van der Waals surface area contributed by atoms with E-state index in [0.29, 0.717) is 6.07 Å². The Morgan fingerprint density at radius 3 is 2.44 bits per heavy atom. The van der Waals surface area contributed by atoms with Crippen LogP contribution in [-0.4, -0.2) is 24.6 Å². The summed E-state index contributed by atoms with van der Waals surface area (Å²) in [6, 6.07) is 10.3. The lowest BCUT2D eigenvalue weighted by atomic mass is 10.1. The fraction of sp³-hybridized carbons (Fsp3) is 0.0909. The van der Waals surface area contributed by atoms with E-state index in [1.165, 1.54) is 37.6 Å². The molecule has 32 heavy (non-hydrogen) atoms. The maximum atomic E-state index is 13.9. The molecule has 0 atom stereocenters. The number of phenolic OH excluding ortho intramolecular Hbond substituents is 1. The summed E-state index contributed by atoms with van der Waals surface area (Å²) in [6.45, 7) is 1.83. The van der Waals surface area contributed by atoms with E-state index in [1.807, 2.05) is 6.92 Å². The number of hydrogen-bond donors (Lipinski definition) is 1. The number of benzene rings is 2. The highest BCUT2D eigenvalue weighted by Crippen LogP contribution is 2.44. The molecule has 0 saturated carbocycles. The number of methoxy groups -OCH3 is 1. The van der Waals surface area contributed by atoms with Crippen LogP contribution >= 0.6 is 11.6 Å². The van der Waals surface area contributed by atoms with E-state index in [-0.39, 0.29) is 38.4 Å². The molecule has 6 nitrogen and oxygen atoms in total. The van der Waals surface area contributed by atoms with E-state index >= 15 is 0 Å². The van der Waals surface area contributed by atoms with Gasteiger partial charge in [0.05, 0.1) is 22.6 Å². The monoisotopic (exact) mass is 479 g/mol. The van der Waals surface area contributed by atoms with Gasteiger partial charge in [-0.25, -0.2) is 21.2 Å². The van der Waals surface area contributed by atoms with Crippen LogP contribution in [0.4, 0.5) is 8.78 Å². The van der Waals surface area contributed by atoms with Gasteiger partial charge in [-0.15, -0.1) is 0 Å². The average Bonchev–Trinajstić information content (AvgIpc) is 3.34. The van der Waals surface area contributed by atoms with E-state index in [2.05, 4.69) is 0 Å². The van der Waals surface area contributed by atoms with E-state index in [4.69, 9.17) is 20.8 Å². The van der Waals surface area contributed by atoms with Crippen molar-refractivity contribution in [1.82, 2.24) is 3.97 Å².